The Morgan fingerprint density at radius 2 is 1.80 bits per heavy atom. The summed E-state index contributed by atoms with van der Waals surface area (Å²) in [6.07, 6.45) is 1.63. The van der Waals surface area contributed by atoms with Gasteiger partial charge in [0.1, 0.15) is 11.6 Å². The van der Waals surface area contributed by atoms with Gasteiger partial charge in [-0.05, 0) is 48.9 Å². The monoisotopic (exact) mass is 421 g/mol. The van der Waals surface area contributed by atoms with Crippen LogP contribution in [0.1, 0.15) is 10.4 Å². The van der Waals surface area contributed by atoms with Crippen molar-refractivity contribution in [1.29, 1.82) is 0 Å². The van der Waals surface area contributed by atoms with Crippen molar-refractivity contribution in [3.05, 3.63) is 64.8 Å². The van der Waals surface area contributed by atoms with Crippen LogP contribution in [0.5, 0.6) is 5.75 Å². The van der Waals surface area contributed by atoms with Gasteiger partial charge in [-0.3, -0.25) is 5.43 Å². The number of thiazole rings is 1. The predicted octanol–water partition coefficient (Wildman–Crippen LogP) is 5.29. The van der Waals surface area contributed by atoms with E-state index in [0.717, 1.165) is 27.4 Å². The standard InChI is InChI=1S/C18H16FN3OS.BrH/c1-12-17(14-5-9-16(23-2)10-6-14)21-18(24-12)22-20-11-13-3-7-15(19)8-4-13;/h3-11H,1-2H3,(H,21,22);1H/b20-11+;. The van der Waals surface area contributed by atoms with Gasteiger partial charge >= 0.3 is 0 Å². The summed E-state index contributed by atoms with van der Waals surface area (Å²) in [7, 11) is 1.64. The van der Waals surface area contributed by atoms with Crippen LogP contribution < -0.4 is 10.2 Å². The van der Waals surface area contributed by atoms with Gasteiger partial charge in [-0.1, -0.05) is 12.1 Å². The van der Waals surface area contributed by atoms with E-state index in [1.54, 1.807) is 25.5 Å². The van der Waals surface area contributed by atoms with E-state index in [1.165, 1.54) is 23.5 Å². The maximum Gasteiger partial charge on any atom is 0.204 e. The number of aryl methyl sites for hydroxylation is 1. The first-order valence-electron chi connectivity index (χ1n) is 7.32. The number of halogens is 2. The average molecular weight is 422 g/mol. The number of methoxy groups -OCH3 is 1. The third-order valence-corrected chi connectivity index (χ3v) is 4.28. The fraction of sp³-hybridized carbons (Fsp3) is 0.111. The molecule has 0 aliphatic rings. The van der Waals surface area contributed by atoms with Crippen LogP contribution in [0.15, 0.2) is 53.6 Å². The number of hydrazone groups is 1. The highest BCUT2D eigenvalue weighted by Crippen LogP contribution is 2.31. The molecule has 0 unspecified atom stereocenters. The molecule has 0 saturated carbocycles. The fourth-order valence-corrected chi connectivity index (χ4v) is 2.96. The molecule has 7 heteroatoms. The number of hydrogen-bond donors (Lipinski definition) is 1. The van der Waals surface area contributed by atoms with E-state index in [-0.39, 0.29) is 22.8 Å². The van der Waals surface area contributed by atoms with Gasteiger partial charge in [0.05, 0.1) is 19.0 Å². The van der Waals surface area contributed by atoms with Crippen LogP contribution in [0.3, 0.4) is 0 Å². The molecule has 0 aliphatic carbocycles. The smallest absolute Gasteiger partial charge is 0.204 e. The lowest BCUT2D eigenvalue weighted by molar-refractivity contribution is 0.415. The number of hydrogen-bond acceptors (Lipinski definition) is 5. The van der Waals surface area contributed by atoms with Crippen molar-refractivity contribution in [2.75, 3.05) is 12.5 Å². The van der Waals surface area contributed by atoms with Crippen molar-refractivity contribution in [1.82, 2.24) is 4.98 Å². The van der Waals surface area contributed by atoms with Crippen LogP contribution in [-0.2, 0) is 0 Å². The molecule has 4 nitrogen and oxygen atoms in total. The van der Waals surface area contributed by atoms with Gasteiger partial charge < -0.3 is 4.74 Å². The van der Waals surface area contributed by atoms with Crippen LogP contribution >= 0.6 is 28.3 Å². The molecule has 0 aliphatic heterocycles. The summed E-state index contributed by atoms with van der Waals surface area (Å²) in [5.41, 5.74) is 5.68. The third kappa shape index (κ3) is 4.87. The van der Waals surface area contributed by atoms with Crippen molar-refractivity contribution >= 4 is 39.7 Å². The van der Waals surface area contributed by atoms with Gasteiger partial charge in [-0.15, -0.1) is 28.3 Å². The number of anilines is 1. The van der Waals surface area contributed by atoms with Crippen molar-refractivity contribution in [2.45, 2.75) is 6.92 Å². The molecule has 25 heavy (non-hydrogen) atoms. The normalized spacial score (nSPS) is 10.5. The fourth-order valence-electron chi connectivity index (χ4n) is 2.17. The number of aromatic nitrogens is 1. The molecule has 0 spiro atoms. The Balaban J connectivity index is 0.00000225. The van der Waals surface area contributed by atoms with E-state index in [4.69, 9.17) is 4.74 Å². The summed E-state index contributed by atoms with van der Waals surface area (Å²) in [6.45, 7) is 2.02. The molecule has 2 aromatic carbocycles. The maximum atomic E-state index is 12.9. The van der Waals surface area contributed by atoms with Gasteiger partial charge in [-0.25, -0.2) is 9.37 Å². The molecule has 1 heterocycles. The van der Waals surface area contributed by atoms with Crippen LogP contribution in [0.4, 0.5) is 9.52 Å². The SMILES string of the molecule is Br.COc1ccc(-c2nc(N/N=C/c3ccc(F)cc3)sc2C)cc1. The first-order chi connectivity index (χ1) is 11.7. The Hall–Kier alpha value is -2.25. The van der Waals surface area contributed by atoms with Crippen molar-refractivity contribution < 1.29 is 9.13 Å². The van der Waals surface area contributed by atoms with Crippen LogP contribution in [0.2, 0.25) is 0 Å². The lowest BCUT2D eigenvalue weighted by Gasteiger charge is -2.01. The molecule has 0 fully saturated rings. The van der Waals surface area contributed by atoms with Crippen molar-refractivity contribution in [2.24, 2.45) is 5.10 Å². The van der Waals surface area contributed by atoms with Crippen LogP contribution in [0.25, 0.3) is 11.3 Å². The highest BCUT2D eigenvalue weighted by atomic mass is 79.9. The van der Waals surface area contributed by atoms with Gasteiger partial charge in [0, 0.05) is 10.4 Å². The van der Waals surface area contributed by atoms with Crippen LogP contribution in [-0.4, -0.2) is 18.3 Å². The van der Waals surface area contributed by atoms with E-state index in [0.29, 0.717) is 5.13 Å². The van der Waals surface area contributed by atoms with Gasteiger partial charge in [0.15, 0.2) is 0 Å². The molecule has 130 valence electrons. The molecule has 3 aromatic rings. The third-order valence-electron chi connectivity index (χ3n) is 3.40. The van der Waals surface area contributed by atoms with Crippen LogP contribution in [0, 0.1) is 12.7 Å². The summed E-state index contributed by atoms with van der Waals surface area (Å²) < 4.78 is 18.0. The second kappa shape index (κ2) is 8.73. The molecular weight excluding hydrogens is 405 g/mol. The number of nitrogens with zero attached hydrogens (tertiary/aromatic N) is 2. The summed E-state index contributed by atoms with van der Waals surface area (Å²) in [6, 6.07) is 13.9. The first-order valence-corrected chi connectivity index (χ1v) is 8.14. The molecule has 1 N–H and O–H groups in total. The predicted molar refractivity (Wildman–Crippen MR) is 107 cm³/mol. The molecule has 3 rings (SSSR count). The zero-order valence-corrected chi connectivity index (χ0v) is 16.2. The van der Waals surface area contributed by atoms with E-state index in [9.17, 15) is 4.39 Å². The molecule has 0 amide bonds. The van der Waals surface area contributed by atoms with E-state index in [2.05, 4.69) is 15.5 Å². The first kappa shape index (κ1) is 19.1. The van der Waals surface area contributed by atoms with E-state index >= 15 is 0 Å². The molecule has 1 aromatic heterocycles. The zero-order valence-electron chi connectivity index (χ0n) is 13.7. The quantitative estimate of drug-likeness (QED) is 0.449. The number of benzene rings is 2. The Bertz CT molecular complexity index is 848. The van der Waals surface area contributed by atoms with Crippen molar-refractivity contribution in [3.63, 3.8) is 0 Å². The second-order valence-corrected chi connectivity index (χ2v) is 6.28. The topological polar surface area (TPSA) is 46.5 Å². The minimum atomic E-state index is -0.264. The van der Waals surface area contributed by atoms with Gasteiger partial charge in [0.25, 0.3) is 0 Å². The molecule has 0 radical (unpaired) electrons. The van der Waals surface area contributed by atoms with E-state index < -0.39 is 0 Å². The summed E-state index contributed by atoms with van der Waals surface area (Å²) in [5, 5.41) is 4.85. The molecule has 0 saturated heterocycles. The minimum absolute atomic E-state index is 0. The van der Waals surface area contributed by atoms with Gasteiger partial charge in [-0.2, -0.15) is 5.10 Å². The lowest BCUT2D eigenvalue weighted by atomic mass is 10.1. The Morgan fingerprint density at radius 1 is 1.12 bits per heavy atom. The van der Waals surface area contributed by atoms with Gasteiger partial charge in [0.2, 0.25) is 5.13 Å². The summed E-state index contributed by atoms with van der Waals surface area (Å²) in [4.78, 5) is 5.67. The molecule has 0 atom stereocenters. The lowest BCUT2D eigenvalue weighted by Crippen LogP contribution is -1.90. The van der Waals surface area contributed by atoms with Crippen molar-refractivity contribution in [3.8, 4) is 17.0 Å². The average Bonchev–Trinajstić information content (AvgIpc) is 2.97. The second-order valence-electron chi connectivity index (χ2n) is 5.07. The highest BCUT2D eigenvalue weighted by molar-refractivity contribution is 8.93. The Morgan fingerprint density at radius 3 is 2.44 bits per heavy atom. The highest BCUT2D eigenvalue weighted by Gasteiger charge is 2.09. The number of nitrogens with one attached hydrogen (secondary N) is 1. The number of ether oxygens (including phenoxy) is 1. The minimum Gasteiger partial charge on any atom is -0.497 e. The number of rotatable bonds is 5. The summed E-state index contributed by atoms with van der Waals surface area (Å²) >= 11 is 1.53. The molecule has 0 bridgehead atoms. The Labute approximate surface area is 160 Å². The summed E-state index contributed by atoms with van der Waals surface area (Å²) in [5.74, 6) is 0.550. The largest absolute Gasteiger partial charge is 0.497 e. The van der Waals surface area contributed by atoms with E-state index in [1.807, 2.05) is 31.2 Å². The maximum absolute atomic E-state index is 12.9. The Kier molecular flexibility index (Phi) is 6.66. The molecular formula is C18H17BrFN3OS. The zero-order chi connectivity index (χ0) is 16.9.